The van der Waals surface area contributed by atoms with Gasteiger partial charge in [-0.15, -0.1) is 0 Å². The van der Waals surface area contributed by atoms with E-state index in [1.54, 1.807) is 0 Å². The zero-order valence-corrected chi connectivity index (χ0v) is 15.0. The molecule has 1 rings (SSSR count). The standard InChI is InChI=1S/C18H33N3/c1-8-15-11-14(13-19-18(4,5)6)12-17(20-15)21(7)16(9-2)10-3/h11-12,16,19H,8-10,13H2,1-7H3. The summed E-state index contributed by atoms with van der Waals surface area (Å²) >= 11 is 0. The Hall–Kier alpha value is -1.09. The van der Waals surface area contributed by atoms with Gasteiger partial charge in [0.05, 0.1) is 0 Å². The van der Waals surface area contributed by atoms with Crippen molar-refractivity contribution in [2.24, 2.45) is 0 Å². The summed E-state index contributed by atoms with van der Waals surface area (Å²) in [6.07, 6.45) is 3.29. The lowest BCUT2D eigenvalue weighted by Gasteiger charge is -2.28. The van der Waals surface area contributed by atoms with E-state index in [0.717, 1.165) is 31.6 Å². The van der Waals surface area contributed by atoms with Gasteiger partial charge in [-0.25, -0.2) is 4.98 Å². The Labute approximate surface area is 131 Å². The molecule has 1 aromatic heterocycles. The van der Waals surface area contributed by atoms with Crippen LogP contribution in [0, 0.1) is 0 Å². The highest BCUT2D eigenvalue weighted by Gasteiger charge is 2.15. The first kappa shape index (κ1) is 18.0. The number of hydrogen-bond donors (Lipinski definition) is 1. The van der Waals surface area contributed by atoms with E-state index in [1.165, 1.54) is 11.3 Å². The second kappa shape index (κ2) is 7.79. The molecular formula is C18H33N3. The largest absolute Gasteiger partial charge is 0.357 e. The zero-order chi connectivity index (χ0) is 16.0. The maximum absolute atomic E-state index is 4.81. The van der Waals surface area contributed by atoms with Crippen LogP contribution in [-0.4, -0.2) is 23.6 Å². The van der Waals surface area contributed by atoms with Gasteiger partial charge in [0.2, 0.25) is 0 Å². The molecule has 3 heteroatoms. The van der Waals surface area contributed by atoms with Crippen LogP contribution in [0.4, 0.5) is 5.82 Å². The van der Waals surface area contributed by atoms with Crippen LogP contribution in [0.5, 0.6) is 0 Å². The highest BCUT2D eigenvalue weighted by molar-refractivity contribution is 5.43. The van der Waals surface area contributed by atoms with Gasteiger partial charge in [-0.1, -0.05) is 20.8 Å². The first-order valence-electron chi connectivity index (χ1n) is 8.28. The van der Waals surface area contributed by atoms with E-state index in [-0.39, 0.29) is 5.54 Å². The van der Waals surface area contributed by atoms with Crippen LogP contribution in [0.2, 0.25) is 0 Å². The number of rotatable bonds is 7. The average molecular weight is 291 g/mol. The molecule has 1 aromatic rings. The first-order chi connectivity index (χ1) is 9.80. The number of aromatic nitrogens is 1. The molecule has 1 N–H and O–H groups in total. The lowest BCUT2D eigenvalue weighted by atomic mass is 10.1. The Morgan fingerprint density at radius 3 is 2.24 bits per heavy atom. The molecule has 0 atom stereocenters. The van der Waals surface area contributed by atoms with E-state index in [4.69, 9.17) is 4.98 Å². The normalized spacial score (nSPS) is 12.0. The Morgan fingerprint density at radius 1 is 1.14 bits per heavy atom. The summed E-state index contributed by atoms with van der Waals surface area (Å²) in [6, 6.07) is 5.02. The topological polar surface area (TPSA) is 28.2 Å². The summed E-state index contributed by atoms with van der Waals surface area (Å²) in [6.45, 7) is 14.2. The fourth-order valence-corrected chi connectivity index (χ4v) is 2.49. The molecule has 0 spiro atoms. The van der Waals surface area contributed by atoms with Crippen molar-refractivity contribution in [1.82, 2.24) is 10.3 Å². The smallest absolute Gasteiger partial charge is 0.129 e. The van der Waals surface area contributed by atoms with Crippen LogP contribution in [-0.2, 0) is 13.0 Å². The Morgan fingerprint density at radius 2 is 1.76 bits per heavy atom. The fraction of sp³-hybridized carbons (Fsp3) is 0.722. The predicted molar refractivity (Wildman–Crippen MR) is 93.0 cm³/mol. The van der Waals surface area contributed by atoms with Gasteiger partial charge in [-0.05, 0) is 57.7 Å². The number of anilines is 1. The molecule has 0 saturated carbocycles. The molecule has 1 heterocycles. The number of hydrogen-bond acceptors (Lipinski definition) is 3. The van der Waals surface area contributed by atoms with Gasteiger partial charge in [0, 0.05) is 30.9 Å². The molecule has 0 aliphatic heterocycles. The second-order valence-corrected chi connectivity index (χ2v) is 6.86. The van der Waals surface area contributed by atoms with E-state index < -0.39 is 0 Å². The molecule has 0 bridgehead atoms. The lowest BCUT2D eigenvalue weighted by Crippen LogP contribution is -2.35. The van der Waals surface area contributed by atoms with Gasteiger partial charge in [0.15, 0.2) is 0 Å². The molecule has 3 nitrogen and oxygen atoms in total. The molecule has 0 fully saturated rings. The third-order valence-electron chi connectivity index (χ3n) is 3.96. The van der Waals surface area contributed by atoms with Crippen molar-refractivity contribution in [3.8, 4) is 0 Å². The van der Waals surface area contributed by atoms with Gasteiger partial charge in [-0.3, -0.25) is 0 Å². The highest BCUT2D eigenvalue weighted by atomic mass is 15.2. The number of pyridine rings is 1. The van der Waals surface area contributed by atoms with Crippen LogP contribution >= 0.6 is 0 Å². The highest BCUT2D eigenvalue weighted by Crippen LogP contribution is 2.20. The van der Waals surface area contributed by atoms with Crippen molar-refractivity contribution in [3.05, 3.63) is 23.4 Å². The van der Waals surface area contributed by atoms with Crippen LogP contribution < -0.4 is 10.2 Å². The van der Waals surface area contributed by atoms with E-state index in [1.807, 2.05) is 0 Å². The molecular weight excluding hydrogens is 258 g/mol. The zero-order valence-electron chi connectivity index (χ0n) is 15.0. The molecule has 0 radical (unpaired) electrons. The van der Waals surface area contributed by atoms with Crippen LogP contribution in [0.25, 0.3) is 0 Å². The summed E-state index contributed by atoms with van der Waals surface area (Å²) in [5.74, 6) is 1.11. The van der Waals surface area contributed by atoms with Crippen molar-refractivity contribution in [2.75, 3.05) is 11.9 Å². The van der Waals surface area contributed by atoms with Crippen LogP contribution in [0.15, 0.2) is 12.1 Å². The summed E-state index contributed by atoms with van der Waals surface area (Å²) in [4.78, 5) is 7.14. The molecule has 21 heavy (non-hydrogen) atoms. The van der Waals surface area contributed by atoms with Gasteiger partial charge >= 0.3 is 0 Å². The third kappa shape index (κ3) is 5.66. The van der Waals surface area contributed by atoms with Crippen LogP contribution in [0.3, 0.4) is 0 Å². The number of nitrogens with zero attached hydrogens (tertiary/aromatic N) is 2. The van der Waals surface area contributed by atoms with E-state index >= 15 is 0 Å². The van der Waals surface area contributed by atoms with Crippen molar-refractivity contribution in [2.45, 2.75) is 78.9 Å². The van der Waals surface area contributed by atoms with Gasteiger partial charge in [0.1, 0.15) is 5.82 Å². The Balaban J connectivity index is 2.99. The van der Waals surface area contributed by atoms with E-state index in [9.17, 15) is 0 Å². The molecule has 0 saturated heterocycles. The second-order valence-electron chi connectivity index (χ2n) is 6.86. The quantitative estimate of drug-likeness (QED) is 0.817. The predicted octanol–water partition coefficient (Wildman–Crippen LogP) is 4.16. The Kier molecular flexibility index (Phi) is 6.66. The molecule has 0 aromatic carbocycles. The van der Waals surface area contributed by atoms with Crippen molar-refractivity contribution >= 4 is 5.82 Å². The summed E-state index contributed by atoms with van der Waals surface area (Å²) in [5.41, 5.74) is 2.64. The first-order valence-corrected chi connectivity index (χ1v) is 8.28. The Bertz CT molecular complexity index is 431. The SMILES string of the molecule is CCc1cc(CNC(C)(C)C)cc(N(C)C(CC)CC)n1. The minimum Gasteiger partial charge on any atom is -0.357 e. The maximum Gasteiger partial charge on any atom is 0.129 e. The summed E-state index contributed by atoms with van der Waals surface area (Å²) < 4.78 is 0. The molecule has 0 unspecified atom stereocenters. The van der Waals surface area contributed by atoms with E-state index in [2.05, 4.69) is 70.9 Å². The molecule has 120 valence electrons. The fourth-order valence-electron chi connectivity index (χ4n) is 2.49. The number of nitrogens with one attached hydrogen (secondary N) is 1. The van der Waals surface area contributed by atoms with Gasteiger partial charge in [-0.2, -0.15) is 0 Å². The lowest BCUT2D eigenvalue weighted by molar-refractivity contribution is 0.424. The number of aryl methyl sites for hydroxylation is 1. The van der Waals surface area contributed by atoms with Gasteiger partial charge in [0.25, 0.3) is 0 Å². The summed E-state index contributed by atoms with van der Waals surface area (Å²) in [7, 11) is 2.17. The maximum atomic E-state index is 4.81. The van der Waals surface area contributed by atoms with Gasteiger partial charge < -0.3 is 10.2 Å². The third-order valence-corrected chi connectivity index (χ3v) is 3.96. The van der Waals surface area contributed by atoms with Crippen LogP contribution in [0.1, 0.15) is 65.6 Å². The monoisotopic (exact) mass is 291 g/mol. The molecule has 0 aliphatic rings. The van der Waals surface area contributed by atoms with Crippen molar-refractivity contribution in [3.63, 3.8) is 0 Å². The summed E-state index contributed by atoms with van der Waals surface area (Å²) in [5, 5.41) is 3.57. The molecule has 0 amide bonds. The molecule has 0 aliphatic carbocycles. The van der Waals surface area contributed by atoms with E-state index in [0.29, 0.717) is 6.04 Å². The minimum atomic E-state index is 0.136. The van der Waals surface area contributed by atoms with Crippen molar-refractivity contribution < 1.29 is 0 Å². The minimum absolute atomic E-state index is 0.136. The van der Waals surface area contributed by atoms with Crippen molar-refractivity contribution in [1.29, 1.82) is 0 Å². The average Bonchev–Trinajstić information content (AvgIpc) is 2.45.